The Bertz CT molecular complexity index is 364. The zero-order valence-electron chi connectivity index (χ0n) is 6.36. The lowest BCUT2D eigenvalue weighted by molar-refractivity contribution is -0.177. The lowest BCUT2D eigenvalue weighted by Crippen LogP contribution is -1.99. The van der Waals surface area contributed by atoms with Crippen LogP contribution in [0.1, 0.15) is 4.88 Å². The van der Waals surface area contributed by atoms with E-state index in [1.165, 1.54) is 17.4 Å². The highest BCUT2D eigenvalue weighted by molar-refractivity contribution is 7.10. The van der Waals surface area contributed by atoms with E-state index < -0.39 is 5.97 Å². The summed E-state index contributed by atoms with van der Waals surface area (Å²) in [4.78, 5) is 14.2. The molecule has 0 spiro atoms. The largest absolute Gasteiger partial charge is 0.390 e. The maximum Gasteiger partial charge on any atom is 0.390 e. The minimum Gasteiger partial charge on any atom is -0.249 e. The van der Waals surface area contributed by atoms with Crippen LogP contribution in [0.25, 0.3) is 6.08 Å². The Balaban J connectivity index is 2.91. The van der Waals surface area contributed by atoms with Crippen molar-refractivity contribution in [2.45, 2.75) is 0 Å². The molecule has 1 rings (SSSR count). The first-order valence-electron chi connectivity index (χ1n) is 3.26. The summed E-state index contributed by atoms with van der Waals surface area (Å²) in [6, 6.07) is 5.00. The van der Waals surface area contributed by atoms with Crippen LogP contribution < -0.4 is 0 Å². The van der Waals surface area contributed by atoms with Gasteiger partial charge in [0.2, 0.25) is 0 Å². The third kappa shape index (κ3) is 2.39. The summed E-state index contributed by atoms with van der Waals surface area (Å²) in [7, 11) is 0. The molecule has 0 N–H and O–H groups in total. The van der Waals surface area contributed by atoms with Crippen LogP contribution in [0.5, 0.6) is 0 Å². The number of carbonyl (C=O) groups excluding carboxylic acids is 1. The lowest BCUT2D eigenvalue weighted by atomic mass is 10.2. The van der Waals surface area contributed by atoms with E-state index in [9.17, 15) is 9.32 Å². The van der Waals surface area contributed by atoms with Crippen molar-refractivity contribution in [3.8, 4) is 6.07 Å². The number of carbonyl (C=O) groups is 1. The highest BCUT2D eigenvalue weighted by Gasteiger charge is 2.10. The molecule has 66 valence electrons. The van der Waals surface area contributed by atoms with Gasteiger partial charge in [0.1, 0.15) is 11.6 Å². The van der Waals surface area contributed by atoms with Gasteiger partial charge in [-0.15, -0.1) is 11.3 Å². The SMILES string of the molecule is N#C/C(=C\c1cccs1)C(=O)OF. The number of thiophene rings is 1. The molecule has 0 radical (unpaired) electrons. The second-order valence-corrected chi connectivity index (χ2v) is 3.03. The Kier molecular flexibility index (Phi) is 3.17. The Morgan fingerprint density at radius 1 is 1.77 bits per heavy atom. The van der Waals surface area contributed by atoms with E-state index in [4.69, 9.17) is 5.26 Å². The van der Waals surface area contributed by atoms with Crippen LogP contribution in [-0.4, -0.2) is 5.97 Å². The highest BCUT2D eigenvalue weighted by atomic mass is 32.1. The second kappa shape index (κ2) is 4.38. The molecule has 0 aliphatic carbocycles. The molecule has 0 saturated heterocycles. The van der Waals surface area contributed by atoms with Crippen molar-refractivity contribution in [1.29, 1.82) is 5.26 Å². The Hall–Kier alpha value is -1.67. The molecule has 0 saturated carbocycles. The third-order valence-electron chi connectivity index (χ3n) is 1.24. The highest BCUT2D eigenvalue weighted by Crippen LogP contribution is 2.13. The smallest absolute Gasteiger partial charge is 0.249 e. The van der Waals surface area contributed by atoms with E-state index in [0.29, 0.717) is 4.88 Å². The standard InChI is InChI=1S/C8H4FNO2S/c9-12-8(11)6(5-10)4-7-2-1-3-13-7/h1-4H/b6-4+. The normalized spacial score (nSPS) is 10.6. The number of halogens is 1. The average Bonchev–Trinajstić information content (AvgIpc) is 2.65. The van der Waals surface area contributed by atoms with Crippen LogP contribution in [0.3, 0.4) is 0 Å². The molecule has 1 aromatic heterocycles. The van der Waals surface area contributed by atoms with Gasteiger partial charge in [0, 0.05) is 9.40 Å². The first-order chi connectivity index (χ1) is 6.27. The Morgan fingerprint density at radius 2 is 2.54 bits per heavy atom. The van der Waals surface area contributed by atoms with Crippen molar-refractivity contribution in [2.75, 3.05) is 0 Å². The minimum absolute atomic E-state index is 0.357. The minimum atomic E-state index is -1.27. The molecule has 0 unspecified atom stereocenters. The predicted molar refractivity (Wildman–Crippen MR) is 45.1 cm³/mol. The van der Waals surface area contributed by atoms with Gasteiger partial charge >= 0.3 is 5.97 Å². The Morgan fingerprint density at radius 3 is 3.00 bits per heavy atom. The number of nitriles is 1. The van der Waals surface area contributed by atoms with Gasteiger partial charge in [-0.05, 0) is 17.5 Å². The summed E-state index contributed by atoms with van der Waals surface area (Å²) in [5, 5.41) is 10.2. The van der Waals surface area contributed by atoms with E-state index >= 15 is 0 Å². The Labute approximate surface area is 77.6 Å². The molecule has 13 heavy (non-hydrogen) atoms. The molecule has 0 aromatic carbocycles. The molecular weight excluding hydrogens is 193 g/mol. The fourth-order valence-electron chi connectivity index (χ4n) is 0.694. The van der Waals surface area contributed by atoms with Crippen LogP contribution in [0.15, 0.2) is 23.1 Å². The van der Waals surface area contributed by atoms with E-state index in [-0.39, 0.29) is 5.57 Å². The van der Waals surface area contributed by atoms with Crippen molar-refractivity contribution >= 4 is 23.4 Å². The summed E-state index contributed by atoms with van der Waals surface area (Å²) < 4.78 is 11.4. The van der Waals surface area contributed by atoms with E-state index in [1.54, 1.807) is 23.6 Å². The first-order valence-corrected chi connectivity index (χ1v) is 4.14. The molecule has 0 bridgehead atoms. The second-order valence-electron chi connectivity index (χ2n) is 2.05. The fourth-order valence-corrected chi connectivity index (χ4v) is 1.35. The number of rotatable bonds is 2. The quantitative estimate of drug-likeness (QED) is 0.538. The van der Waals surface area contributed by atoms with Crippen molar-refractivity contribution < 1.29 is 14.3 Å². The van der Waals surface area contributed by atoms with Gasteiger partial charge in [-0.1, -0.05) is 6.07 Å². The van der Waals surface area contributed by atoms with Gasteiger partial charge in [0.15, 0.2) is 0 Å². The van der Waals surface area contributed by atoms with Crippen LogP contribution >= 0.6 is 11.3 Å². The summed E-state index contributed by atoms with van der Waals surface area (Å²) in [5.74, 6) is -1.27. The topological polar surface area (TPSA) is 50.1 Å². The maximum absolute atomic E-state index is 11.4. The molecule has 0 atom stereocenters. The molecule has 0 aliphatic rings. The molecule has 0 fully saturated rings. The molecule has 1 aromatic rings. The molecule has 0 amide bonds. The van der Waals surface area contributed by atoms with Crippen LogP contribution in [-0.2, 0) is 9.74 Å². The first kappa shape index (κ1) is 9.42. The number of hydrogen-bond donors (Lipinski definition) is 0. The van der Waals surface area contributed by atoms with Crippen LogP contribution in [0.4, 0.5) is 4.53 Å². The fraction of sp³-hybridized carbons (Fsp3) is 0. The van der Waals surface area contributed by atoms with E-state index in [0.717, 1.165) is 0 Å². The monoisotopic (exact) mass is 197 g/mol. The lowest BCUT2D eigenvalue weighted by Gasteiger charge is -1.89. The van der Waals surface area contributed by atoms with Gasteiger partial charge < -0.3 is 0 Å². The summed E-state index contributed by atoms with van der Waals surface area (Å²) in [6.45, 7) is 0. The molecule has 1 heterocycles. The van der Waals surface area contributed by atoms with Crippen molar-refractivity contribution in [2.24, 2.45) is 0 Å². The van der Waals surface area contributed by atoms with Gasteiger partial charge in [0.25, 0.3) is 0 Å². The average molecular weight is 197 g/mol. The molecular formula is C8H4FNO2S. The van der Waals surface area contributed by atoms with Crippen molar-refractivity contribution in [3.63, 3.8) is 0 Å². The maximum atomic E-state index is 11.4. The van der Waals surface area contributed by atoms with Crippen molar-refractivity contribution in [1.82, 2.24) is 0 Å². The summed E-state index contributed by atoms with van der Waals surface area (Å²) >= 11 is 1.34. The van der Waals surface area contributed by atoms with Gasteiger partial charge in [-0.3, -0.25) is 0 Å². The van der Waals surface area contributed by atoms with Gasteiger partial charge in [-0.25, -0.2) is 9.74 Å². The van der Waals surface area contributed by atoms with Crippen LogP contribution in [0.2, 0.25) is 0 Å². The zero-order chi connectivity index (χ0) is 9.68. The van der Waals surface area contributed by atoms with E-state index in [1.807, 2.05) is 0 Å². The molecule has 3 nitrogen and oxygen atoms in total. The zero-order valence-corrected chi connectivity index (χ0v) is 7.18. The van der Waals surface area contributed by atoms with Gasteiger partial charge in [-0.2, -0.15) is 5.26 Å². The van der Waals surface area contributed by atoms with E-state index in [2.05, 4.69) is 4.94 Å². The third-order valence-corrected chi connectivity index (χ3v) is 2.06. The predicted octanol–water partition coefficient (Wildman–Crippen LogP) is 2.08. The number of nitrogens with zero attached hydrogens (tertiary/aromatic N) is 1. The van der Waals surface area contributed by atoms with Gasteiger partial charge in [0.05, 0.1) is 0 Å². The summed E-state index contributed by atoms with van der Waals surface area (Å²) in [6.07, 6.45) is 1.27. The molecule has 0 aliphatic heterocycles. The summed E-state index contributed by atoms with van der Waals surface area (Å²) in [5.41, 5.74) is -0.357. The van der Waals surface area contributed by atoms with Crippen LogP contribution in [0, 0.1) is 11.3 Å². The van der Waals surface area contributed by atoms with Crippen molar-refractivity contribution in [3.05, 3.63) is 28.0 Å². The molecule has 5 heteroatoms. The number of hydrogen-bond acceptors (Lipinski definition) is 4.